The van der Waals surface area contributed by atoms with Gasteiger partial charge in [-0.15, -0.1) is 0 Å². The Kier molecular flexibility index (Phi) is 4.24. The number of hydrogen-bond acceptors (Lipinski definition) is 3. The minimum atomic E-state index is -0.0208. The fraction of sp³-hybridized carbons (Fsp3) is 0.889. The summed E-state index contributed by atoms with van der Waals surface area (Å²) < 4.78 is 4.86. The van der Waals surface area contributed by atoms with E-state index in [1.807, 2.05) is 6.92 Å². The molecular weight excluding hydrogens is 156 g/mol. The lowest BCUT2D eigenvalue weighted by Crippen LogP contribution is -2.09. The molecule has 72 valence electrons. The van der Waals surface area contributed by atoms with Crippen LogP contribution in [0.15, 0.2) is 0 Å². The molecule has 1 rings (SSSR count). The lowest BCUT2D eigenvalue weighted by molar-refractivity contribution is -0.145. The molecule has 0 aromatic carbocycles. The van der Waals surface area contributed by atoms with Gasteiger partial charge in [-0.2, -0.15) is 0 Å². The summed E-state index contributed by atoms with van der Waals surface area (Å²) >= 11 is 0. The predicted octanol–water partition coefficient (Wildman–Crippen LogP) is 1.20. The van der Waals surface area contributed by atoms with Crippen molar-refractivity contribution in [2.75, 3.05) is 13.7 Å². The van der Waals surface area contributed by atoms with Gasteiger partial charge in [-0.25, -0.2) is 0 Å². The SMILES string of the molecule is CCOC(=O)C1CC1(C)C.CO. The van der Waals surface area contributed by atoms with E-state index in [9.17, 15) is 4.79 Å². The molecule has 1 unspecified atom stereocenters. The number of rotatable bonds is 2. The van der Waals surface area contributed by atoms with Gasteiger partial charge in [-0.05, 0) is 18.8 Å². The van der Waals surface area contributed by atoms with Crippen molar-refractivity contribution >= 4 is 5.97 Å². The highest BCUT2D eigenvalue weighted by Crippen LogP contribution is 2.52. The molecule has 0 aromatic heterocycles. The summed E-state index contributed by atoms with van der Waals surface area (Å²) in [4.78, 5) is 11.0. The largest absolute Gasteiger partial charge is 0.466 e. The smallest absolute Gasteiger partial charge is 0.309 e. The number of hydrogen-bond donors (Lipinski definition) is 1. The predicted molar refractivity (Wildman–Crippen MR) is 46.7 cm³/mol. The molecular formula is C9H18O3. The summed E-state index contributed by atoms with van der Waals surface area (Å²) in [6.45, 7) is 6.53. The van der Waals surface area contributed by atoms with Gasteiger partial charge in [0.15, 0.2) is 0 Å². The zero-order valence-electron chi connectivity index (χ0n) is 8.26. The Balaban J connectivity index is 0.000000561. The van der Waals surface area contributed by atoms with Crippen LogP contribution in [0.2, 0.25) is 0 Å². The second kappa shape index (κ2) is 4.45. The summed E-state index contributed by atoms with van der Waals surface area (Å²) in [6, 6.07) is 0. The number of aliphatic hydroxyl groups excluding tert-OH is 1. The Morgan fingerprint density at radius 2 is 2.00 bits per heavy atom. The summed E-state index contributed by atoms with van der Waals surface area (Å²) in [5, 5.41) is 7.00. The van der Waals surface area contributed by atoms with E-state index in [0.717, 1.165) is 13.5 Å². The first-order chi connectivity index (χ1) is 5.58. The van der Waals surface area contributed by atoms with E-state index in [-0.39, 0.29) is 17.3 Å². The first kappa shape index (κ1) is 11.4. The number of carbonyl (C=O) groups is 1. The molecule has 3 heteroatoms. The van der Waals surface area contributed by atoms with Crippen molar-refractivity contribution in [3.05, 3.63) is 0 Å². The maximum Gasteiger partial charge on any atom is 0.309 e. The Labute approximate surface area is 73.7 Å². The maximum atomic E-state index is 11.0. The van der Waals surface area contributed by atoms with Crippen molar-refractivity contribution in [1.82, 2.24) is 0 Å². The van der Waals surface area contributed by atoms with Crippen LogP contribution in [0.1, 0.15) is 27.2 Å². The molecule has 3 nitrogen and oxygen atoms in total. The Bertz CT molecular complexity index is 152. The van der Waals surface area contributed by atoms with Gasteiger partial charge in [0.2, 0.25) is 0 Å². The lowest BCUT2D eigenvalue weighted by atomic mass is 10.1. The molecule has 0 heterocycles. The first-order valence-electron chi connectivity index (χ1n) is 4.19. The zero-order valence-corrected chi connectivity index (χ0v) is 8.26. The van der Waals surface area contributed by atoms with E-state index in [1.54, 1.807) is 0 Å². The Morgan fingerprint density at radius 3 is 2.25 bits per heavy atom. The molecule has 1 fully saturated rings. The average molecular weight is 174 g/mol. The molecule has 0 radical (unpaired) electrons. The van der Waals surface area contributed by atoms with E-state index in [4.69, 9.17) is 9.84 Å². The average Bonchev–Trinajstić information content (AvgIpc) is 2.65. The van der Waals surface area contributed by atoms with Crippen molar-refractivity contribution in [2.24, 2.45) is 11.3 Å². The fourth-order valence-electron chi connectivity index (χ4n) is 1.11. The molecule has 1 atom stereocenters. The van der Waals surface area contributed by atoms with Crippen molar-refractivity contribution in [3.63, 3.8) is 0 Å². The van der Waals surface area contributed by atoms with Crippen molar-refractivity contribution in [2.45, 2.75) is 27.2 Å². The molecule has 0 aliphatic heterocycles. The zero-order chi connectivity index (χ0) is 9.78. The van der Waals surface area contributed by atoms with Crippen molar-refractivity contribution in [3.8, 4) is 0 Å². The van der Waals surface area contributed by atoms with E-state index in [1.165, 1.54) is 0 Å². The number of carbonyl (C=O) groups excluding carboxylic acids is 1. The monoisotopic (exact) mass is 174 g/mol. The summed E-state index contributed by atoms with van der Waals surface area (Å²) in [5.74, 6) is 0.153. The van der Waals surface area contributed by atoms with Gasteiger partial charge in [0.1, 0.15) is 0 Å². The van der Waals surface area contributed by atoms with Gasteiger partial charge in [0, 0.05) is 7.11 Å². The molecule has 0 amide bonds. The molecule has 0 saturated heterocycles. The fourth-order valence-corrected chi connectivity index (χ4v) is 1.11. The van der Waals surface area contributed by atoms with Crippen LogP contribution < -0.4 is 0 Å². The molecule has 1 saturated carbocycles. The minimum Gasteiger partial charge on any atom is -0.466 e. The van der Waals surface area contributed by atoms with Gasteiger partial charge in [-0.3, -0.25) is 4.79 Å². The van der Waals surface area contributed by atoms with E-state index in [2.05, 4.69) is 13.8 Å². The van der Waals surface area contributed by atoms with Crippen molar-refractivity contribution in [1.29, 1.82) is 0 Å². The summed E-state index contributed by atoms with van der Waals surface area (Å²) in [5.41, 5.74) is 0.215. The number of ether oxygens (including phenoxy) is 1. The Morgan fingerprint density at radius 1 is 1.58 bits per heavy atom. The standard InChI is InChI=1S/C8H14O2.CH4O/c1-4-10-7(9)6-5-8(6,2)3;1-2/h6H,4-5H2,1-3H3;2H,1H3. The van der Waals surface area contributed by atoms with Gasteiger partial charge in [0.25, 0.3) is 0 Å². The van der Waals surface area contributed by atoms with Crippen LogP contribution in [0.25, 0.3) is 0 Å². The highest BCUT2D eigenvalue weighted by molar-refractivity contribution is 5.76. The third kappa shape index (κ3) is 2.81. The van der Waals surface area contributed by atoms with Gasteiger partial charge < -0.3 is 9.84 Å². The maximum absolute atomic E-state index is 11.0. The van der Waals surface area contributed by atoms with Crippen LogP contribution in [0.3, 0.4) is 0 Å². The molecule has 0 bridgehead atoms. The van der Waals surface area contributed by atoms with Crippen LogP contribution in [-0.4, -0.2) is 24.8 Å². The number of aliphatic hydroxyl groups is 1. The van der Waals surface area contributed by atoms with Crippen LogP contribution in [0, 0.1) is 11.3 Å². The Hall–Kier alpha value is -0.570. The number of esters is 1. The van der Waals surface area contributed by atoms with Crippen molar-refractivity contribution < 1.29 is 14.6 Å². The van der Waals surface area contributed by atoms with E-state index < -0.39 is 0 Å². The third-order valence-electron chi connectivity index (χ3n) is 2.08. The summed E-state index contributed by atoms with van der Waals surface area (Å²) in [6.07, 6.45) is 0.992. The molecule has 1 aliphatic rings. The van der Waals surface area contributed by atoms with Gasteiger partial charge >= 0.3 is 5.97 Å². The highest BCUT2D eigenvalue weighted by Gasteiger charge is 2.51. The molecule has 1 aliphatic carbocycles. The highest BCUT2D eigenvalue weighted by atomic mass is 16.5. The lowest BCUT2D eigenvalue weighted by Gasteiger charge is -2.01. The van der Waals surface area contributed by atoms with Crippen LogP contribution in [0.4, 0.5) is 0 Å². The quantitative estimate of drug-likeness (QED) is 0.640. The van der Waals surface area contributed by atoms with Gasteiger partial charge in [-0.1, -0.05) is 13.8 Å². The topological polar surface area (TPSA) is 46.5 Å². The van der Waals surface area contributed by atoms with E-state index >= 15 is 0 Å². The van der Waals surface area contributed by atoms with Crippen LogP contribution in [0.5, 0.6) is 0 Å². The minimum absolute atomic E-state index is 0.0208. The van der Waals surface area contributed by atoms with Gasteiger partial charge in [0.05, 0.1) is 12.5 Å². The second-order valence-electron chi connectivity index (χ2n) is 3.50. The first-order valence-corrected chi connectivity index (χ1v) is 4.19. The molecule has 0 aromatic rings. The molecule has 12 heavy (non-hydrogen) atoms. The second-order valence-corrected chi connectivity index (χ2v) is 3.50. The third-order valence-corrected chi connectivity index (χ3v) is 2.08. The normalized spacial score (nSPS) is 23.6. The van der Waals surface area contributed by atoms with Crippen LogP contribution >= 0.6 is 0 Å². The van der Waals surface area contributed by atoms with Crippen LogP contribution in [-0.2, 0) is 9.53 Å². The van der Waals surface area contributed by atoms with E-state index in [0.29, 0.717) is 6.61 Å². The molecule has 1 N–H and O–H groups in total. The summed E-state index contributed by atoms with van der Waals surface area (Å²) in [7, 11) is 1.00. The molecule has 0 spiro atoms.